The van der Waals surface area contributed by atoms with Crippen molar-refractivity contribution in [2.45, 2.75) is 26.8 Å². The van der Waals surface area contributed by atoms with Gasteiger partial charge in [0.25, 0.3) is 0 Å². The Morgan fingerprint density at radius 3 is 2.28 bits per heavy atom. The number of nitrogens with zero attached hydrogens (tertiary/aromatic N) is 3. The highest BCUT2D eigenvalue weighted by atomic mass is 16.5. The Morgan fingerprint density at radius 2 is 1.72 bits per heavy atom. The Balaban J connectivity index is 1.61. The summed E-state index contributed by atoms with van der Waals surface area (Å²) in [7, 11) is 4.84. The number of aromatic nitrogens is 1. The second-order valence-electron chi connectivity index (χ2n) is 7.13. The molecule has 3 rings (SSSR count). The standard InChI is InChI=1S/C21H29N3O5/c1-14-17(15(2)29-22-14)12-19(25)24-10-8-23(9-11-24)13-16-6-7-18(26-3)21(28-5)20(16)27-4/h6-7H,8-13H2,1-5H3. The fourth-order valence-electron chi connectivity index (χ4n) is 3.70. The SMILES string of the molecule is COc1ccc(CN2CCN(C(=O)Cc3c(C)noc3C)CC2)c(OC)c1OC. The first-order valence-corrected chi connectivity index (χ1v) is 9.68. The van der Waals surface area contributed by atoms with E-state index in [1.165, 1.54) is 0 Å². The van der Waals surface area contributed by atoms with E-state index in [1.807, 2.05) is 30.9 Å². The molecular formula is C21H29N3O5. The normalized spacial score (nSPS) is 14.7. The highest BCUT2D eigenvalue weighted by Crippen LogP contribution is 2.40. The van der Waals surface area contributed by atoms with Gasteiger partial charge in [0.1, 0.15) is 5.76 Å². The monoisotopic (exact) mass is 403 g/mol. The minimum Gasteiger partial charge on any atom is -0.493 e. The van der Waals surface area contributed by atoms with Crippen molar-refractivity contribution in [2.24, 2.45) is 0 Å². The van der Waals surface area contributed by atoms with Gasteiger partial charge in [-0.05, 0) is 19.9 Å². The van der Waals surface area contributed by atoms with Crippen molar-refractivity contribution >= 4 is 5.91 Å². The van der Waals surface area contributed by atoms with Crippen LogP contribution in [0.15, 0.2) is 16.7 Å². The minimum atomic E-state index is 0.114. The van der Waals surface area contributed by atoms with Gasteiger partial charge in [-0.25, -0.2) is 0 Å². The highest BCUT2D eigenvalue weighted by Gasteiger charge is 2.25. The number of benzene rings is 1. The minimum absolute atomic E-state index is 0.114. The van der Waals surface area contributed by atoms with Crippen LogP contribution in [0.1, 0.15) is 22.6 Å². The number of hydrogen-bond acceptors (Lipinski definition) is 7. The zero-order chi connectivity index (χ0) is 21.0. The number of rotatable bonds is 7. The lowest BCUT2D eigenvalue weighted by atomic mass is 10.1. The maximum atomic E-state index is 12.7. The van der Waals surface area contributed by atoms with E-state index in [9.17, 15) is 4.79 Å². The molecule has 0 aliphatic carbocycles. The summed E-state index contributed by atoms with van der Waals surface area (Å²) < 4.78 is 21.6. The predicted octanol–water partition coefficient (Wildman–Crippen LogP) is 2.20. The first kappa shape index (κ1) is 21.0. The number of piperazine rings is 1. The molecule has 0 atom stereocenters. The van der Waals surface area contributed by atoms with Gasteiger partial charge in [-0.3, -0.25) is 9.69 Å². The lowest BCUT2D eigenvalue weighted by Crippen LogP contribution is -2.48. The van der Waals surface area contributed by atoms with E-state index in [1.54, 1.807) is 21.3 Å². The van der Waals surface area contributed by atoms with Crippen LogP contribution in [0.2, 0.25) is 0 Å². The molecule has 8 nitrogen and oxygen atoms in total. The van der Waals surface area contributed by atoms with Crippen LogP contribution in [-0.2, 0) is 17.8 Å². The Labute approximate surface area is 171 Å². The second-order valence-corrected chi connectivity index (χ2v) is 7.13. The summed E-state index contributed by atoms with van der Waals surface area (Å²) in [4.78, 5) is 16.9. The smallest absolute Gasteiger partial charge is 0.227 e. The van der Waals surface area contributed by atoms with Crippen molar-refractivity contribution < 1.29 is 23.5 Å². The molecule has 1 amide bonds. The first-order chi connectivity index (χ1) is 14.0. The molecule has 8 heteroatoms. The summed E-state index contributed by atoms with van der Waals surface area (Å²) in [6.07, 6.45) is 0.338. The van der Waals surface area contributed by atoms with Crippen LogP contribution in [0, 0.1) is 13.8 Å². The number of methoxy groups -OCH3 is 3. The molecule has 1 aliphatic heterocycles. The quantitative estimate of drug-likeness (QED) is 0.701. The number of aryl methyl sites for hydroxylation is 2. The molecule has 1 aliphatic rings. The Bertz CT molecular complexity index is 837. The van der Waals surface area contributed by atoms with Crippen LogP contribution in [0.25, 0.3) is 0 Å². The molecule has 1 aromatic carbocycles. The van der Waals surface area contributed by atoms with Crippen LogP contribution >= 0.6 is 0 Å². The highest BCUT2D eigenvalue weighted by molar-refractivity contribution is 5.79. The van der Waals surface area contributed by atoms with Gasteiger partial charge in [-0.2, -0.15) is 0 Å². The van der Waals surface area contributed by atoms with E-state index in [4.69, 9.17) is 18.7 Å². The van der Waals surface area contributed by atoms with Crippen LogP contribution in [0.4, 0.5) is 0 Å². The fraction of sp³-hybridized carbons (Fsp3) is 0.524. The number of carbonyl (C=O) groups excluding carboxylic acids is 1. The second kappa shape index (κ2) is 9.17. The van der Waals surface area contributed by atoms with E-state index in [-0.39, 0.29) is 5.91 Å². The maximum Gasteiger partial charge on any atom is 0.227 e. The van der Waals surface area contributed by atoms with E-state index >= 15 is 0 Å². The van der Waals surface area contributed by atoms with Gasteiger partial charge in [-0.1, -0.05) is 11.2 Å². The van der Waals surface area contributed by atoms with Crippen molar-refractivity contribution in [1.29, 1.82) is 0 Å². The summed E-state index contributed by atoms with van der Waals surface area (Å²) in [6, 6.07) is 3.88. The molecule has 0 bridgehead atoms. The molecule has 0 spiro atoms. The molecule has 29 heavy (non-hydrogen) atoms. The maximum absolute atomic E-state index is 12.7. The van der Waals surface area contributed by atoms with Crippen LogP contribution in [0.3, 0.4) is 0 Å². The summed E-state index contributed by atoms with van der Waals surface area (Å²) in [5.41, 5.74) is 2.71. The zero-order valence-corrected chi connectivity index (χ0v) is 17.8. The number of carbonyl (C=O) groups is 1. The average Bonchev–Trinajstić information content (AvgIpc) is 3.05. The molecule has 158 valence electrons. The van der Waals surface area contributed by atoms with Crippen LogP contribution in [0.5, 0.6) is 17.2 Å². The predicted molar refractivity (Wildman–Crippen MR) is 108 cm³/mol. The lowest BCUT2D eigenvalue weighted by molar-refractivity contribution is -0.132. The number of ether oxygens (including phenoxy) is 3. The van der Waals surface area contributed by atoms with E-state index in [0.29, 0.717) is 36.8 Å². The van der Waals surface area contributed by atoms with E-state index < -0.39 is 0 Å². The third kappa shape index (κ3) is 4.48. The van der Waals surface area contributed by atoms with Gasteiger partial charge in [0, 0.05) is 43.9 Å². The van der Waals surface area contributed by atoms with Gasteiger partial charge >= 0.3 is 0 Å². The van der Waals surface area contributed by atoms with Crippen molar-refractivity contribution in [3.63, 3.8) is 0 Å². The molecule has 1 saturated heterocycles. The largest absolute Gasteiger partial charge is 0.493 e. The third-order valence-electron chi connectivity index (χ3n) is 5.41. The number of hydrogen-bond donors (Lipinski definition) is 0. The van der Waals surface area contributed by atoms with Gasteiger partial charge in [-0.15, -0.1) is 0 Å². The molecule has 2 heterocycles. The van der Waals surface area contributed by atoms with Gasteiger partial charge < -0.3 is 23.6 Å². The van der Waals surface area contributed by atoms with Gasteiger partial charge in [0.15, 0.2) is 11.5 Å². The summed E-state index contributed by atoms with van der Waals surface area (Å²) in [5, 5.41) is 3.93. The van der Waals surface area contributed by atoms with Crippen LogP contribution < -0.4 is 14.2 Å². The van der Waals surface area contributed by atoms with Gasteiger partial charge in [0.2, 0.25) is 11.7 Å². The van der Waals surface area contributed by atoms with Crippen LogP contribution in [-0.4, -0.2) is 68.4 Å². The molecule has 2 aromatic rings. The first-order valence-electron chi connectivity index (χ1n) is 9.68. The van der Waals surface area contributed by atoms with E-state index in [2.05, 4.69) is 10.1 Å². The molecule has 0 saturated carbocycles. The van der Waals surface area contributed by atoms with Gasteiger partial charge in [0.05, 0.1) is 33.4 Å². The van der Waals surface area contributed by atoms with Crippen molar-refractivity contribution in [3.05, 3.63) is 34.7 Å². The molecule has 0 radical (unpaired) electrons. The molecule has 0 unspecified atom stereocenters. The summed E-state index contributed by atoms with van der Waals surface area (Å²) >= 11 is 0. The topological polar surface area (TPSA) is 77.3 Å². The zero-order valence-electron chi connectivity index (χ0n) is 17.8. The van der Waals surface area contributed by atoms with Crippen molar-refractivity contribution in [3.8, 4) is 17.2 Å². The average molecular weight is 403 g/mol. The molecular weight excluding hydrogens is 374 g/mol. The summed E-state index contributed by atoms with van der Waals surface area (Å²) in [6.45, 7) is 7.41. The van der Waals surface area contributed by atoms with Crippen molar-refractivity contribution in [2.75, 3.05) is 47.5 Å². The lowest BCUT2D eigenvalue weighted by Gasteiger charge is -2.35. The fourth-order valence-corrected chi connectivity index (χ4v) is 3.70. The Kier molecular flexibility index (Phi) is 6.64. The van der Waals surface area contributed by atoms with E-state index in [0.717, 1.165) is 42.2 Å². The molecule has 0 N–H and O–H groups in total. The Morgan fingerprint density at radius 1 is 1.03 bits per heavy atom. The molecule has 1 fully saturated rings. The molecule has 1 aromatic heterocycles. The third-order valence-corrected chi connectivity index (χ3v) is 5.41. The van der Waals surface area contributed by atoms with Crippen molar-refractivity contribution in [1.82, 2.24) is 15.0 Å². The Hall–Kier alpha value is -2.74. The summed E-state index contributed by atoms with van der Waals surface area (Å²) in [5.74, 6) is 2.75. The number of amides is 1.